The monoisotopic (exact) mass is 574 g/mol. The van der Waals surface area contributed by atoms with Gasteiger partial charge in [-0.2, -0.15) is 0 Å². The average Bonchev–Trinajstić information content (AvgIpc) is 3.42. The molecule has 2 heterocycles. The van der Waals surface area contributed by atoms with Crippen molar-refractivity contribution in [1.82, 2.24) is 9.88 Å². The molecule has 4 aromatic carbocycles. The Balaban J connectivity index is 1.14. The van der Waals surface area contributed by atoms with Crippen LogP contribution in [0, 0.1) is 5.92 Å². The van der Waals surface area contributed by atoms with Crippen LogP contribution >= 0.6 is 0 Å². The number of piperidine rings is 1. The van der Waals surface area contributed by atoms with Gasteiger partial charge in [0.05, 0.1) is 6.61 Å². The van der Waals surface area contributed by atoms with Gasteiger partial charge >= 0.3 is 5.97 Å². The molecule has 1 aliphatic rings. The lowest BCUT2D eigenvalue weighted by Crippen LogP contribution is -2.37. The Hall–Kier alpha value is -4.58. The summed E-state index contributed by atoms with van der Waals surface area (Å²) in [4.78, 5) is 30.5. The number of aromatic amines is 1. The number of rotatable bonds is 10. The molecular formula is C37H38N2O4. The summed E-state index contributed by atoms with van der Waals surface area (Å²) in [6.45, 7) is 4.38. The zero-order chi connectivity index (χ0) is 29.8. The summed E-state index contributed by atoms with van der Waals surface area (Å²) in [6.07, 6.45) is 4.89. The predicted octanol–water partition coefficient (Wildman–Crippen LogP) is 7.69. The first-order valence-corrected chi connectivity index (χ1v) is 15.3. The molecule has 0 radical (unpaired) electrons. The van der Waals surface area contributed by atoms with E-state index < -0.39 is 5.97 Å². The van der Waals surface area contributed by atoms with Crippen LogP contribution in [-0.4, -0.2) is 46.6 Å². The molecule has 220 valence electrons. The number of hydrogen-bond donors (Lipinski definition) is 2. The highest BCUT2D eigenvalue weighted by atomic mass is 16.5. The highest BCUT2D eigenvalue weighted by Crippen LogP contribution is 2.29. The number of H-pyrrole nitrogens is 1. The first kappa shape index (κ1) is 28.5. The fourth-order valence-corrected chi connectivity index (χ4v) is 6.27. The fourth-order valence-electron chi connectivity index (χ4n) is 6.27. The molecule has 0 unspecified atom stereocenters. The van der Waals surface area contributed by atoms with Crippen LogP contribution < -0.4 is 4.74 Å². The average molecular weight is 575 g/mol. The zero-order valence-corrected chi connectivity index (χ0v) is 24.6. The fraction of sp³-hybridized carbons (Fsp3) is 0.297. The molecule has 1 aliphatic heterocycles. The molecule has 0 bridgehead atoms. The molecule has 1 amide bonds. The summed E-state index contributed by atoms with van der Waals surface area (Å²) in [6, 6.07) is 28.2. The number of benzene rings is 4. The topological polar surface area (TPSA) is 82.6 Å². The van der Waals surface area contributed by atoms with Crippen LogP contribution in [0.2, 0.25) is 0 Å². The van der Waals surface area contributed by atoms with Gasteiger partial charge in [-0.3, -0.25) is 4.79 Å². The second-order valence-corrected chi connectivity index (χ2v) is 11.7. The summed E-state index contributed by atoms with van der Waals surface area (Å²) in [7, 11) is 0. The van der Waals surface area contributed by atoms with E-state index in [2.05, 4.69) is 42.2 Å². The van der Waals surface area contributed by atoms with Gasteiger partial charge in [0.15, 0.2) is 0 Å². The number of nitrogens with one attached hydrogen (secondary N) is 1. The minimum atomic E-state index is -0.953. The molecule has 0 spiro atoms. The smallest absolute Gasteiger partial charge is 0.352 e. The number of carboxylic acids is 1. The highest BCUT2D eigenvalue weighted by Gasteiger charge is 2.22. The molecule has 0 aliphatic carbocycles. The van der Waals surface area contributed by atoms with E-state index in [9.17, 15) is 14.7 Å². The Labute approximate surface area is 252 Å². The summed E-state index contributed by atoms with van der Waals surface area (Å²) in [5.41, 5.74) is 4.85. The van der Waals surface area contributed by atoms with Gasteiger partial charge in [-0.25, -0.2) is 4.79 Å². The lowest BCUT2D eigenvalue weighted by molar-refractivity contribution is 0.0684. The Bertz CT molecular complexity index is 1760. The van der Waals surface area contributed by atoms with E-state index in [-0.39, 0.29) is 11.6 Å². The van der Waals surface area contributed by atoms with Gasteiger partial charge < -0.3 is 19.7 Å². The van der Waals surface area contributed by atoms with E-state index in [0.717, 1.165) is 88.5 Å². The largest absolute Gasteiger partial charge is 0.493 e. The number of para-hydroxylation sites is 1. The number of fused-ring (bicyclic) bond motifs is 2. The predicted molar refractivity (Wildman–Crippen MR) is 171 cm³/mol. The zero-order valence-electron chi connectivity index (χ0n) is 24.6. The molecule has 43 heavy (non-hydrogen) atoms. The summed E-state index contributed by atoms with van der Waals surface area (Å²) < 4.78 is 6.13. The second kappa shape index (κ2) is 12.7. The van der Waals surface area contributed by atoms with Gasteiger partial charge in [0.25, 0.3) is 5.91 Å². The maximum atomic E-state index is 13.1. The van der Waals surface area contributed by atoms with E-state index in [1.807, 2.05) is 59.5 Å². The van der Waals surface area contributed by atoms with Gasteiger partial charge in [0, 0.05) is 34.9 Å². The second-order valence-electron chi connectivity index (χ2n) is 11.7. The van der Waals surface area contributed by atoms with Gasteiger partial charge in [-0.15, -0.1) is 0 Å². The Morgan fingerprint density at radius 2 is 1.63 bits per heavy atom. The number of amides is 1. The third-order valence-electron chi connectivity index (χ3n) is 8.75. The summed E-state index contributed by atoms with van der Waals surface area (Å²) in [5.74, 6) is 0.677. The number of aromatic carboxylic acids is 1. The molecular weight excluding hydrogens is 536 g/mol. The van der Waals surface area contributed by atoms with Crippen LogP contribution in [0.1, 0.15) is 63.7 Å². The molecule has 1 aromatic heterocycles. The third-order valence-corrected chi connectivity index (χ3v) is 8.75. The Kier molecular flexibility index (Phi) is 8.45. The standard InChI is InChI=1S/C37H38N2O4/c1-25-19-21-39(22-20-25)36(40)29-12-4-8-26(24-29)17-18-28-11-5-14-31-32(35(37(41)42)38-34(28)31)15-7-23-43-33-16-6-10-27-9-2-3-13-30(27)33/h2-6,8-14,16,24-25,38H,7,15,17-23H2,1H3,(H,41,42). The van der Waals surface area contributed by atoms with E-state index in [1.165, 1.54) is 0 Å². The number of carbonyl (C=O) groups is 2. The number of aryl methyl sites for hydroxylation is 3. The normalized spacial score (nSPS) is 13.9. The van der Waals surface area contributed by atoms with E-state index in [0.29, 0.717) is 25.4 Å². The van der Waals surface area contributed by atoms with Crippen molar-refractivity contribution < 1.29 is 19.4 Å². The van der Waals surface area contributed by atoms with Crippen molar-refractivity contribution >= 4 is 33.6 Å². The SMILES string of the molecule is CC1CCN(C(=O)c2cccc(CCc3cccc4c(CCCOc5cccc6ccccc56)c(C(=O)O)[nH]c34)c2)CC1. The minimum absolute atomic E-state index is 0.111. The van der Waals surface area contributed by atoms with Crippen molar-refractivity contribution in [2.24, 2.45) is 5.92 Å². The van der Waals surface area contributed by atoms with Crippen LogP contribution in [0.5, 0.6) is 5.75 Å². The number of hydrogen-bond acceptors (Lipinski definition) is 3. The van der Waals surface area contributed by atoms with Crippen LogP contribution in [0.25, 0.3) is 21.7 Å². The number of carbonyl (C=O) groups excluding carboxylic acids is 1. The third kappa shape index (κ3) is 6.29. The van der Waals surface area contributed by atoms with Crippen LogP contribution in [-0.2, 0) is 19.3 Å². The van der Waals surface area contributed by atoms with Crippen molar-refractivity contribution in [1.29, 1.82) is 0 Å². The van der Waals surface area contributed by atoms with E-state index >= 15 is 0 Å². The molecule has 6 nitrogen and oxygen atoms in total. The first-order valence-electron chi connectivity index (χ1n) is 15.3. The molecule has 2 N–H and O–H groups in total. The van der Waals surface area contributed by atoms with Gasteiger partial charge in [0.1, 0.15) is 11.4 Å². The highest BCUT2D eigenvalue weighted by molar-refractivity contribution is 5.98. The van der Waals surface area contributed by atoms with Crippen molar-refractivity contribution in [3.63, 3.8) is 0 Å². The minimum Gasteiger partial charge on any atom is -0.493 e. The van der Waals surface area contributed by atoms with E-state index in [1.54, 1.807) is 0 Å². The number of carboxylic acid groups (broad SMARTS) is 1. The Morgan fingerprint density at radius 1 is 0.884 bits per heavy atom. The molecule has 6 heteroatoms. The van der Waals surface area contributed by atoms with Crippen molar-refractivity contribution in [2.45, 2.75) is 45.4 Å². The van der Waals surface area contributed by atoms with E-state index in [4.69, 9.17) is 4.74 Å². The Morgan fingerprint density at radius 3 is 2.47 bits per heavy atom. The van der Waals surface area contributed by atoms with Crippen molar-refractivity contribution in [3.05, 3.63) is 113 Å². The lowest BCUT2D eigenvalue weighted by atomic mass is 9.97. The molecule has 1 saturated heterocycles. The molecule has 5 aromatic rings. The van der Waals surface area contributed by atoms with Gasteiger partial charge in [-0.05, 0) is 84.7 Å². The van der Waals surface area contributed by atoms with Crippen LogP contribution in [0.15, 0.2) is 84.9 Å². The van der Waals surface area contributed by atoms with Crippen molar-refractivity contribution in [2.75, 3.05) is 19.7 Å². The van der Waals surface area contributed by atoms with Crippen molar-refractivity contribution in [3.8, 4) is 5.75 Å². The number of nitrogens with zero attached hydrogens (tertiary/aromatic N) is 1. The molecule has 6 rings (SSSR count). The number of likely N-dealkylation sites (tertiary alicyclic amines) is 1. The summed E-state index contributed by atoms with van der Waals surface area (Å²) in [5, 5.41) is 13.2. The quantitative estimate of drug-likeness (QED) is 0.168. The maximum absolute atomic E-state index is 13.1. The number of ether oxygens (including phenoxy) is 1. The van der Waals surface area contributed by atoms with Gasteiger partial charge in [0.2, 0.25) is 0 Å². The number of aromatic nitrogens is 1. The van der Waals surface area contributed by atoms with Crippen LogP contribution in [0.3, 0.4) is 0 Å². The van der Waals surface area contributed by atoms with Gasteiger partial charge in [-0.1, -0.05) is 73.7 Å². The molecule has 1 fully saturated rings. The molecule has 0 atom stereocenters. The first-order chi connectivity index (χ1) is 21.0. The van der Waals surface area contributed by atoms with Crippen LogP contribution in [0.4, 0.5) is 0 Å². The summed E-state index contributed by atoms with van der Waals surface area (Å²) >= 11 is 0. The lowest BCUT2D eigenvalue weighted by Gasteiger charge is -2.30. The maximum Gasteiger partial charge on any atom is 0.352 e. The molecule has 0 saturated carbocycles.